The van der Waals surface area contributed by atoms with Crippen molar-refractivity contribution in [2.75, 3.05) is 0 Å². The monoisotopic (exact) mass is 194 g/mol. The Labute approximate surface area is 80.1 Å². The fourth-order valence-electron chi connectivity index (χ4n) is 1.49. The molecule has 5 heteroatoms. The highest BCUT2D eigenvalue weighted by molar-refractivity contribution is 5.34. The Morgan fingerprint density at radius 1 is 1.57 bits per heavy atom. The van der Waals surface area contributed by atoms with Gasteiger partial charge in [0, 0.05) is 19.3 Å². The Balaban J connectivity index is 2.57. The number of nitro groups is 1. The van der Waals surface area contributed by atoms with E-state index in [9.17, 15) is 14.9 Å². The Kier molecular flexibility index (Phi) is 1.87. The molecule has 0 atom stereocenters. The van der Waals surface area contributed by atoms with Gasteiger partial charge in [-0.25, -0.2) is 0 Å². The maximum atomic E-state index is 11.3. The third-order valence-electron chi connectivity index (χ3n) is 2.43. The molecule has 1 aliphatic rings. The molecule has 2 rings (SSSR count). The molecule has 0 bridgehead atoms. The first kappa shape index (κ1) is 8.93. The van der Waals surface area contributed by atoms with Gasteiger partial charge in [0.25, 0.3) is 0 Å². The van der Waals surface area contributed by atoms with Crippen LogP contribution in [0.1, 0.15) is 24.3 Å². The quantitative estimate of drug-likeness (QED) is 0.524. The molecular formula is C9H10N2O3. The predicted octanol–water partition coefficient (Wildman–Crippen LogP) is 1.17. The second-order valence-electron chi connectivity index (χ2n) is 3.61. The van der Waals surface area contributed by atoms with Gasteiger partial charge in [0.2, 0.25) is 0 Å². The summed E-state index contributed by atoms with van der Waals surface area (Å²) in [5.74, 6) is 0.417. The zero-order valence-electron chi connectivity index (χ0n) is 7.77. The first-order valence-corrected chi connectivity index (χ1v) is 4.44. The molecule has 0 N–H and O–H groups in total. The van der Waals surface area contributed by atoms with E-state index in [1.807, 2.05) is 0 Å². The average molecular weight is 194 g/mol. The molecule has 0 aromatic carbocycles. The average Bonchev–Trinajstić information content (AvgIpc) is 2.91. The van der Waals surface area contributed by atoms with E-state index in [-0.39, 0.29) is 5.69 Å². The Morgan fingerprint density at radius 3 is 2.71 bits per heavy atom. The van der Waals surface area contributed by atoms with E-state index >= 15 is 0 Å². The van der Waals surface area contributed by atoms with E-state index in [4.69, 9.17) is 0 Å². The van der Waals surface area contributed by atoms with Crippen LogP contribution in [-0.2, 0) is 7.05 Å². The first-order valence-electron chi connectivity index (χ1n) is 4.44. The minimum atomic E-state index is -0.617. The van der Waals surface area contributed by atoms with Crippen molar-refractivity contribution < 1.29 is 4.92 Å². The van der Waals surface area contributed by atoms with Crippen LogP contribution in [0.2, 0.25) is 0 Å². The van der Waals surface area contributed by atoms with Gasteiger partial charge in [0.1, 0.15) is 0 Å². The minimum Gasteiger partial charge on any atom is -0.312 e. The van der Waals surface area contributed by atoms with Crippen LogP contribution in [0.4, 0.5) is 5.69 Å². The van der Waals surface area contributed by atoms with Gasteiger partial charge in [-0.2, -0.15) is 0 Å². The second-order valence-corrected chi connectivity index (χ2v) is 3.61. The molecule has 0 radical (unpaired) electrons. The molecule has 74 valence electrons. The first-order chi connectivity index (χ1) is 6.59. The third-order valence-corrected chi connectivity index (χ3v) is 2.43. The smallest absolute Gasteiger partial charge is 0.312 e. The summed E-state index contributed by atoms with van der Waals surface area (Å²) in [6.07, 6.45) is 3.82. The number of hydrogen-bond donors (Lipinski definition) is 0. The Morgan fingerprint density at radius 2 is 2.21 bits per heavy atom. The van der Waals surface area contributed by atoms with Crippen molar-refractivity contribution in [2.45, 2.75) is 18.8 Å². The van der Waals surface area contributed by atoms with E-state index in [1.165, 1.54) is 10.6 Å². The van der Waals surface area contributed by atoms with Crippen molar-refractivity contribution in [3.8, 4) is 0 Å². The minimum absolute atomic E-state index is 0.322. The number of pyridine rings is 1. The summed E-state index contributed by atoms with van der Waals surface area (Å²) in [6.45, 7) is 0. The molecule has 0 saturated heterocycles. The molecule has 1 aromatic rings. The molecule has 5 nitrogen and oxygen atoms in total. The number of hydrogen-bond acceptors (Lipinski definition) is 3. The fourth-order valence-corrected chi connectivity index (χ4v) is 1.49. The summed E-state index contributed by atoms with van der Waals surface area (Å²) >= 11 is 0. The van der Waals surface area contributed by atoms with Crippen LogP contribution in [0, 0.1) is 10.1 Å². The van der Waals surface area contributed by atoms with Gasteiger partial charge in [0.15, 0.2) is 0 Å². The number of rotatable bonds is 2. The zero-order chi connectivity index (χ0) is 10.3. The second kappa shape index (κ2) is 2.94. The fraction of sp³-hybridized carbons (Fsp3) is 0.444. The normalized spacial score (nSPS) is 15.5. The highest BCUT2D eigenvalue weighted by Crippen LogP contribution is 2.40. The van der Waals surface area contributed by atoms with Gasteiger partial charge in [-0.05, 0) is 24.3 Å². The van der Waals surface area contributed by atoms with Crippen molar-refractivity contribution in [3.63, 3.8) is 0 Å². The van der Waals surface area contributed by atoms with Gasteiger partial charge in [-0.1, -0.05) is 0 Å². The molecular weight excluding hydrogens is 184 g/mol. The molecule has 1 aromatic heterocycles. The van der Waals surface area contributed by atoms with E-state index in [0.717, 1.165) is 18.4 Å². The summed E-state index contributed by atoms with van der Waals surface area (Å²) < 4.78 is 1.28. The van der Waals surface area contributed by atoms with Crippen LogP contribution in [0.5, 0.6) is 0 Å². The van der Waals surface area contributed by atoms with Crippen molar-refractivity contribution in [1.82, 2.24) is 4.57 Å². The maximum Gasteiger partial charge on any atom is 0.334 e. The molecule has 0 amide bonds. The molecule has 1 fully saturated rings. The van der Waals surface area contributed by atoms with Crippen LogP contribution in [0.3, 0.4) is 0 Å². The summed E-state index contributed by atoms with van der Waals surface area (Å²) in [5, 5.41) is 10.6. The van der Waals surface area contributed by atoms with Crippen molar-refractivity contribution in [1.29, 1.82) is 0 Å². The lowest BCUT2D eigenvalue weighted by atomic mass is 10.2. The standard InChI is InChI=1S/C9H10N2O3/c1-10-5-7(6-2-3-6)4-8(9(10)12)11(13)14/h4-6H,2-3H2,1H3. The predicted molar refractivity (Wildman–Crippen MR) is 50.3 cm³/mol. The Bertz CT molecular complexity index is 446. The van der Waals surface area contributed by atoms with Gasteiger partial charge in [-0.3, -0.25) is 14.9 Å². The van der Waals surface area contributed by atoms with E-state index in [1.54, 1.807) is 13.2 Å². The summed E-state index contributed by atoms with van der Waals surface area (Å²) in [6, 6.07) is 1.40. The third kappa shape index (κ3) is 1.41. The number of aromatic nitrogens is 1. The molecule has 0 aliphatic heterocycles. The largest absolute Gasteiger partial charge is 0.334 e. The molecule has 1 saturated carbocycles. The van der Waals surface area contributed by atoms with Crippen LogP contribution in [0.15, 0.2) is 17.1 Å². The highest BCUT2D eigenvalue weighted by atomic mass is 16.6. The van der Waals surface area contributed by atoms with E-state index < -0.39 is 10.5 Å². The zero-order valence-corrected chi connectivity index (χ0v) is 7.77. The van der Waals surface area contributed by atoms with Crippen LogP contribution >= 0.6 is 0 Å². The maximum absolute atomic E-state index is 11.3. The number of nitrogens with zero attached hydrogens (tertiary/aromatic N) is 2. The van der Waals surface area contributed by atoms with Crippen molar-refractivity contribution in [3.05, 3.63) is 38.3 Å². The SMILES string of the molecule is Cn1cc(C2CC2)cc([N+](=O)[O-])c1=O. The van der Waals surface area contributed by atoms with Gasteiger partial charge >= 0.3 is 11.2 Å². The van der Waals surface area contributed by atoms with Crippen LogP contribution < -0.4 is 5.56 Å². The van der Waals surface area contributed by atoms with Crippen molar-refractivity contribution >= 4 is 5.69 Å². The van der Waals surface area contributed by atoms with Crippen molar-refractivity contribution in [2.24, 2.45) is 7.05 Å². The highest BCUT2D eigenvalue weighted by Gasteiger charge is 2.27. The summed E-state index contributed by atoms with van der Waals surface area (Å²) in [5.41, 5.74) is 0.0371. The summed E-state index contributed by atoms with van der Waals surface area (Å²) in [4.78, 5) is 21.3. The molecule has 1 aliphatic carbocycles. The molecule has 14 heavy (non-hydrogen) atoms. The topological polar surface area (TPSA) is 65.1 Å². The lowest BCUT2D eigenvalue weighted by Gasteiger charge is -2.01. The molecule has 0 unspecified atom stereocenters. The molecule has 1 heterocycles. The van der Waals surface area contributed by atoms with Gasteiger partial charge in [0.05, 0.1) is 4.92 Å². The molecule has 0 spiro atoms. The van der Waals surface area contributed by atoms with Gasteiger partial charge < -0.3 is 4.57 Å². The summed E-state index contributed by atoms with van der Waals surface area (Å²) in [7, 11) is 1.54. The van der Waals surface area contributed by atoms with E-state index in [0.29, 0.717) is 5.92 Å². The number of aryl methyl sites for hydroxylation is 1. The van der Waals surface area contributed by atoms with Crippen LogP contribution in [-0.4, -0.2) is 9.49 Å². The lowest BCUT2D eigenvalue weighted by molar-refractivity contribution is -0.386. The lowest BCUT2D eigenvalue weighted by Crippen LogP contribution is -2.19. The van der Waals surface area contributed by atoms with Gasteiger partial charge in [-0.15, -0.1) is 0 Å². The van der Waals surface area contributed by atoms with Crippen LogP contribution in [0.25, 0.3) is 0 Å². The van der Waals surface area contributed by atoms with E-state index in [2.05, 4.69) is 0 Å². The Hall–Kier alpha value is -1.65.